The number of aliphatic hydroxyl groups is 1. The minimum atomic E-state index is -0.0269. The maximum absolute atomic E-state index is 9.28. The van der Waals surface area contributed by atoms with Crippen LogP contribution in [0.25, 0.3) is 22.1 Å². The van der Waals surface area contributed by atoms with Crippen molar-refractivity contribution in [1.82, 2.24) is 4.98 Å². The highest BCUT2D eigenvalue weighted by Gasteiger charge is 2.07. The number of rotatable bonds is 3. The van der Waals surface area contributed by atoms with Gasteiger partial charge in [-0.3, -0.25) is 4.98 Å². The summed E-state index contributed by atoms with van der Waals surface area (Å²) in [5, 5.41) is 10.2. The lowest BCUT2D eigenvalue weighted by Gasteiger charge is -2.04. The minimum Gasteiger partial charge on any atom is -0.464 e. The van der Waals surface area contributed by atoms with Gasteiger partial charge in [-0.1, -0.05) is 6.07 Å². The van der Waals surface area contributed by atoms with Gasteiger partial charge in [-0.05, 0) is 35.4 Å². The Hall–Kier alpha value is -2.17. The first-order chi connectivity index (χ1) is 9.31. The molecule has 0 aliphatic carbocycles. The summed E-state index contributed by atoms with van der Waals surface area (Å²) >= 11 is 0. The number of furan rings is 1. The fourth-order valence-electron chi connectivity index (χ4n) is 2.15. The third kappa shape index (κ3) is 2.12. The molecule has 0 spiro atoms. The summed E-state index contributed by atoms with van der Waals surface area (Å²) < 4.78 is 5.38. The van der Waals surface area contributed by atoms with E-state index < -0.39 is 0 Å². The van der Waals surface area contributed by atoms with Crippen LogP contribution in [0.4, 0.5) is 0 Å². The molecule has 0 radical (unpaired) electrons. The van der Waals surface area contributed by atoms with E-state index in [4.69, 9.17) is 10.2 Å². The van der Waals surface area contributed by atoms with Crippen molar-refractivity contribution in [3.05, 3.63) is 54.0 Å². The molecule has 3 aromatic rings. The zero-order valence-corrected chi connectivity index (χ0v) is 10.3. The Morgan fingerprint density at radius 3 is 2.79 bits per heavy atom. The van der Waals surface area contributed by atoms with Gasteiger partial charge in [0.15, 0.2) is 0 Å². The molecule has 0 aliphatic rings. The molecule has 3 N–H and O–H groups in total. The number of aliphatic hydroxyl groups excluding tert-OH is 1. The number of benzene rings is 1. The SMILES string of the molecule is NCc1cc(-c2ccc3occ(CO)c3c2)ccn1. The van der Waals surface area contributed by atoms with Gasteiger partial charge in [0.1, 0.15) is 5.58 Å². The zero-order chi connectivity index (χ0) is 13.2. The van der Waals surface area contributed by atoms with Crippen LogP contribution in [-0.2, 0) is 13.2 Å². The summed E-state index contributed by atoms with van der Waals surface area (Å²) in [5.41, 5.74) is 10.1. The summed E-state index contributed by atoms with van der Waals surface area (Å²) in [6.45, 7) is 0.393. The molecule has 96 valence electrons. The van der Waals surface area contributed by atoms with Gasteiger partial charge < -0.3 is 15.3 Å². The highest BCUT2D eigenvalue weighted by molar-refractivity contribution is 5.86. The van der Waals surface area contributed by atoms with Gasteiger partial charge in [-0.25, -0.2) is 0 Å². The van der Waals surface area contributed by atoms with Gasteiger partial charge >= 0.3 is 0 Å². The molecule has 1 aromatic carbocycles. The van der Waals surface area contributed by atoms with Gasteiger partial charge in [-0.15, -0.1) is 0 Å². The molecule has 0 saturated carbocycles. The lowest BCUT2D eigenvalue weighted by Crippen LogP contribution is -1.98. The van der Waals surface area contributed by atoms with Crippen molar-refractivity contribution in [2.24, 2.45) is 5.73 Å². The number of pyridine rings is 1. The Kier molecular flexibility index (Phi) is 3.03. The number of nitrogens with two attached hydrogens (primary N) is 1. The maximum Gasteiger partial charge on any atom is 0.134 e. The Morgan fingerprint density at radius 1 is 1.16 bits per heavy atom. The van der Waals surface area contributed by atoms with Crippen LogP contribution in [0, 0.1) is 0 Å². The fraction of sp³-hybridized carbons (Fsp3) is 0.133. The van der Waals surface area contributed by atoms with E-state index in [-0.39, 0.29) is 6.61 Å². The average molecular weight is 254 g/mol. The number of fused-ring (bicyclic) bond motifs is 1. The maximum atomic E-state index is 9.28. The lowest BCUT2D eigenvalue weighted by atomic mass is 10.0. The van der Waals surface area contributed by atoms with Crippen LogP contribution >= 0.6 is 0 Å². The molecule has 0 amide bonds. The van der Waals surface area contributed by atoms with Gasteiger partial charge in [0.05, 0.1) is 18.6 Å². The van der Waals surface area contributed by atoms with E-state index in [1.54, 1.807) is 12.5 Å². The van der Waals surface area contributed by atoms with Crippen LogP contribution in [-0.4, -0.2) is 10.1 Å². The average Bonchev–Trinajstić information content (AvgIpc) is 2.89. The van der Waals surface area contributed by atoms with Crippen molar-refractivity contribution in [1.29, 1.82) is 0 Å². The van der Waals surface area contributed by atoms with Gasteiger partial charge in [-0.2, -0.15) is 0 Å². The highest BCUT2D eigenvalue weighted by Crippen LogP contribution is 2.28. The smallest absolute Gasteiger partial charge is 0.134 e. The van der Waals surface area contributed by atoms with Crippen molar-refractivity contribution >= 4 is 11.0 Å². The largest absolute Gasteiger partial charge is 0.464 e. The zero-order valence-electron chi connectivity index (χ0n) is 10.3. The predicted octanol–water partition coefficient (Wildman–Crippen LogP) is 2.45. The molecule has 4 heteroatoms. The van der Waals surface area contributed by atoms with Crippen molar-refractivity contribution in [3.63, 3.8) is 0 Å². The first-order valence-electron chi connectivity index (χ1n) is 6.08. The molecular weight excluding hydrogens is 240 g/mol. The second-order valence-corrected chi connectivity index (χ2v) is 4.37. The molecule has 0 unspecified atom stereocenters. The van der Waals surface area contributed by atoms with E-state index in [1.807, 2.05) is 30.3 Å². The van der Waals surface area contributed by atoms with Crippen LogP contribution in [0.15, 0.2) is 47.2 Å². The highest BCUT2D eigenvalue weighted by atomic mass is 16.3. The van der Waals surface area contributed by atoms with Crippen molar-refractivity contribution in [2.75, 3.05) is 0 Å². The first kappa shape index (κ1) is 11.9. The van der Waals surface area contributed by atoms with Crippen LogP contribution in [0.2, 0.25) is 0 Å². The molecule has 0 atom stereocenters. The summed E-state index contributed by atoms with van der Waals surface area (Å²) in [5.74, 6) is 0. The first-order valence-corrected chi connectivity index (χ1v) is 6.08. The van der Waals surface area contributed by atoms with E-state index in [9.17, 15) is 5.11 Å². The number of nitrogens with zero attached hydrogens (tertiary/aromatic N) is 1. The van der Waals surface area contributed by atoms with Gasteiger partial charge in [0, 0.05) is 23.7 Å². The lowest BCUT2D eigenvalue weighted by molar-refractivity contribution is 0.282. The molecule has 0 fully saturated rings. The molecule has 0 aliphatic heterocycles. The van der Waals surface area contributed by atoms with Crippen LogP contribution in [0.3, 0.4) is 0 Å². The molecule has 0 saturated heterocycles. The Balaban J connectivity index is 2.13. The second kappa shape index (κ2) is 4.84. The van der Waals surface area contributed by atoms with E-state index in [2.05, 4.69) is 4.98 Å². The van der Waals surface area contributed by atoms with E-state index in [0.717, 1.165) is 33.4 Å². The van der Waals surface area contributed by atoms with Crippen LogP contribution < -0.4 is 5.73 Å². The molecule has 4 nitrogen and oxygen atoms in total. The quantitative estimate of drug-likeness (QED) is 0.753. The predicted molar refractivity (Wildman–Crippen MR) is 73.3 cm³/mol. The summed E-state index contributed by atoms with van der Waals surface area (Å²) in [4.78, 5) is 4.19. The fourth-order valence-corrected chi connectivity index (χ4v) is 2.15. The van der Waals surface area contributed by atoms with Gasteiger partial charge in [0.2, 0.25) is 0 Å². The molecule has 2 heterocycles. The third-order valence-electron chi connectivity index (χ3n) is 3.18. The Labute approximate surface area is 110 Å². The molecule has 2 aromatic heterocycles. The Morgan fingerprint density at radius 2 is 2.00 bits per heavy atom. The standard InChI is InChI=1S/C15H14N2O2/c16-7-13-5-11(3-4-17-13)10-1-2-15-14(6-10)12(8-18)9-19-15/h1-6,9,18H,7-8,16H2. The number of hydrogen-bond donors (Lipinski definition) is 2. The molecular formula is C15H14N2O2. The minimum absolute atomic E-state index is 0.0269. The summed E-state index contributed by atoms with van der Waals surface area (Å²) in [6, 6.07) is 9.83. The van der Waals surface area contributed by atoms with Crippen molar-refractivity contribution in [2.45, 2.75) is 13.2 Å². The van der Waals surface area contributed by atoms with E-state index >= 15 is 0 Å². The van der Waals surface area contributed by atoms with Gasteiger partial charge in [0.25, 0.3) is 0 Å². The molecule has 3 rings (SSSR count). The number of aromatic nitrogens is 1. The van der Waals surface area contributed by atoms with Crippen LogP contribution in [0.5, 0.6) is 0 Å². The summed E-state index contributed by atoms with van der Waals surface area (Å²) in [7, 11) is 0. The van der Waals surface area contributed by atoms with Crippen molar-refractivity contribution in [3.8, 4) is 11.1 Å². The van der Waals surface area contributed by atoms with E-state index in [1.165, 1.54) is 0 Å². The van der Waals surface area contributed by atoms with Crippen molar-refractivity contribution < 1.29 is 9.52 Å². The third-order valence-corrected chi connectivity index (χ3v) is 3.18. The topological polar surface area (TPSA) is 72.3 Å². The van der Waals surface area contributed by atoms with E-state index in [0.29, 0.717) is 6.54 Å². The molecule has 19 heavy (non-hydrogen) atoms. The second-order valence-electron chi connectivity index (χ2n) is 4.37. The summed E-state index contributed by atoms with van der Waals surface area (Å²) in [6.07, 6.45) is 3.34. The van der Waals surface area contributed by atoms with Crippen LogP contribution in [0.1, 0.15) is 11.3 Å². The molecule has 0 bridgehead atoms. The monoisotopic (exact) mass is 254 g/mol. The number of hydrogen-bond acceptors (Lipinski definition) is 4. The Bertz CT molecular complexity index is 719. The normalized spacial score (nSPS) is 11.1.